The molecule has 74 valence electrons. The molecule has 0 radical (unpaired) electrons. The third-order valence-corrected chi connectivity index (χ3v) is 1.81. The first-order valence-corrected chi connectivity index (χ1v) is 4.40. The van der Waals surface area contributed by atoms with E-state index in [-0.39, 0.29) is 0 Å². The number of nitrogens with two attached hydrogens (primary N) is 1. The van der Waals surface area contributed by atoms with E-state index in [1.165, 1.54) is 12.7 Å². The molecule has 0 saturated heterocycles. The van der Waals surface area contributed by atoms with Crippen LogP contribution in [-0.2, 0) is 0 Å². The molecule has 0 atom stereocenters. The van der Waals surface area contributed by atoms with Gasteiger partial charge in [0.15, 0.2) is 17.7 Å². The van der Waals surface area contributed by atoms with Crippen LogP contribution in [0.4, 0.5) is 5.82 Å². The van der Waals surface area contributed by atoms with Gasteiger partial charge in [0.2, 0.25) is 0 Å². The molecule has 0 aliphatic rings. The summed E-state index contributed by atoms with van der Waals surface area (Å²) in [6.45, 7) is 1.43. The topological polar surface area (TPSA) is 89.9 Å². The fourth-order valence-electron chi connectivity index (χ4n) is 1.13. The van der Waals surface area contributed by atoms with E-state index in [0.717, 1.165) is 13.0 Å². The highest BCUT2D eigenvalue weighted by Gasteiger charge is 2.05. The summed E-state index contributed by atoms with van der Waals surface area (Å²) in [7, 11) is 0. The molecule has 6 nitrogen and oxygen atoms in total. The summed E-state index contributed by atoms with van der Waals surface area (Å²) < 4.78 is 5.04. The predicted molar refractivity (Wildman–Crippen MR) is 51.8 cm³/mol. The summed E-state index contributed by atoms with van der Waals surface area (Å²) in [6, 6.07) is 0. The average Bonchev–Trinajstić information content (AvgIpc) is 2.67. The minimum absolute atomic E-state index is 0.496. The van der Waals surface area contributed by atoms with Gasteiger partial charge >= 0.3 is 0 Å². The lowest BCUT2D eigenvalue weighted by Crippen LogP contribution is -2.09. The van der Waals surface area contributed by atoms with Crippen LogP contribution >= 0.6 is 0 Å². The van der Waals surface area contributed by atoms with Crippen LogP contribution < -0.4 is 11.1 Å². The van der Waals surface area contributed by atoms with Crippen molar-refractivity contribution in [2.75, 3.05) is 18.4 Å². The molecule has 14 heavy (non-hydrogen) atoms. The highest BCUT2D eigenvalue weighted by Crippen LogP contribution is 2.15. The van der Waals surface area contributed by atoms with Crippen LogP contribution in [-0.4, -0.2) is 28.0 Å². The van der Waals surface area contributed by atoms with Gasteiger partial charge in [0.25, 0.3) is 5.71 Å². The van der Waals surface area contributed by atoms with E-state index in [9.17, 15) is 0 Å². The summed E-state index contributed by atoms with van der Waals surface area (Å²) in [4.78, 5) is 12.0. The van der Waals surface area contributed by atoms with Crippen molar-refractivity contribution in [1.29, 1.82) is 0 Å². The number of anilines is 1. The first-order valence-electron chi connectivity index (χ1n) is 4.40. The number of fused-ring (bicyclic) bond motifs is 1. The Balaban J connectivity index is 2.19. The monoisotopic (exact) mass is 193 g/mol. The van der Waals surface area contributed by atoms with Gasteiger partial charge in [-0.2, -0.15) is 4.98 Å². The molecule has 0 unspecified atom stereocenters. The van der Waals surface area contributed by atoms with Crippen LogP contribution in [0.2, 0.25) is 0 Å². The van der Waals surface area contributed by atoms with Gasteiger partial charge in [-0.25, -0.2) is 9.97 Å². The zero-order valence-corrected chi connectivity index (χ0v) is 7.60. The maximum Gasteiger partial charge on any atom is 0.251 e. The number of nitrogens with one attached hydrogen (secondary N) is 1. The molecule has 2 aromatic rings. The number of hydrogen-bond acceptors (Lipinski definition) is 6. The second-order valence-corrected chi connectivity index (χ2v) is 2.80. The largest absolute Gasteiger partial charge is 0.425 e. The molecule has 3 N–H and O–H groups in total. The molecule has 0 aromatic carbocycles. The highest BCUT2D eigenvalue weighted by molar-refractivity contribution is 5.80. The Morgan fingerprint density at radius 2 is 2.29 bits per heavy atom. The van der Waals surface area contributed by atoms with Crippen molar-refractivity contribution in [1.82, 2.24) is 15.0 Å². The molecular formula is C8H11N5O. The number of aromatic nitrogens is 3. The third kappa shape index (κ3) is 1.64. The SMILES string of the molecule is NCCCNc1ncnc2ocnc12. The van der Waals surface area contributed by atoms with E-state index in [1.54, 1.807) is 0 Å². The second-order valence-electron chi connectivity index (χ2n) is 2.80. The van der Waals surface area contributed by atoms with Crippen molar-refractivity contribution >= 4 is 17.0 Å². The van der Waals surface area contributed by atoms with Gasteiger partial charge in [-0.15, -0.1) is 0 Å². The van der Waals surface area contributed by atoms with Gasteiger partial charge in [0.05, 0.1) is 0 Å². The van der Waals surface area contributed by atoms with E-state index >= 15 is 0 Å². The minimum atomic E-state index is 0.496. The van der Waals surface area contributed by atoms with Gasteiger partial charge in [0.1, 0.15) is 6.33 Å². The highest BCUT2D eigenvalue weighted by atomic mass is 16.3. The van der Waals surface area contributed by atoms with E-state index < -0.39 is 0 Å². The van der Waals surface area contributed by atoms with Gasteiger partial charge in [-0.3, -0.25) is 0 Å². The quantitative estimate of drug-likeness (QED) is 0.682. The maximum absolute atomic E-state index is 5.38. The zero-order valence-electron chi connectivity index (χ0n) is 7.60. The normalized spacial score (nSPS) is 10.6. The van der Waals surface area contributed by atoms with E-state index in [2.05, 4.69) is 20.3 Å². The number of nitrogens with zero attached hydrogens (tertiary/aromatic N) is 3. The molecule has 0 aliphatic heterocycles. The Kier molecular flexibility index (Phi) is 2.55. The molecular weight excluding hydrogens is 182 g/mol. The van der Waals surface area contributed by atoms with Crippen LogP contribution in [0.15, 0.2) is 17.1 Å². The summed E-state index contributed by atoms with van der Waals surface area (Å²) in [5.74, 6) is 0.692. The minimum Gasteiger partial charge on any atom is -0.425 e. The Bertz CT molecular complexity index is 413. The van der Waals surface area contributed by atoms with Crippen LogP contribution in [0, 0.1) is 0 Å². The van der Waals surface area contributed by atoms with Gasteiger partial charge in [-0.1, -0.05) is 0 Å². The summed E-state index contributed by atoms with van der Waals surface area (Å²) >= 11 is 0. The molecule has 0 saturated carbocycles. The van der Waals surface area contributed by atoms with Crippen molar-refractivity contribution in [3.05, 3.63) is 12.7 Å². The summed E-state index contributed by atoms with van der Waals surface area (Å²) in [5.41, 5.74) is 6.53. The van der Waals surface area contributed by atoms with Crippen LogP contribution in [0.25, 0.3) is 11.2 Å². The Morgan fingerprint density at radius 3 is 3.14 bits per heavy atom. The average molecular weight is 193 g/mol. The lowest BCUT2D eigenvalue weighted by atomic mass is 10.4. The molecule has 0 fully saturated rings. The van der Waals surface area contributed by atoms with Crippen LogP contribution in [0.3, 0.4) is 0 Å². The van der Waals surface area contributed by atoms with Crippen LogP contribution in [0.5, 0.6) is 0 Å². The summed E-state index contributed by atoms with van der Waals surface area (Å²) in [6.07, 6.45) is 3.69. The summed E-state index contributed by atoms with van der Waals surface area (Å²) in [5, 5.41) is 3.12. The van der Waals surface area contributed by atoms with E-state index in [4.69, 9.17) is 10.2 Å². The van der Waals surface area contributed by atoms with Gasteiger partial charge in [-0.05, 0) is 13.0 Å². The van der Waals surface area contributed by atoms with Crippen molar-refractivity contribution in [2.24, 2.45) is 5.73 Å². The van der Waals surface area contributed by atoms with Crippen molar-refractivity contribution in [2.45, 2.75) is 6.42 Å². The first kappa shape index (κ1) is 8.89. The number of oxazole rings is 1. The number of hydrogen-bond donors (Lipinski definition) is 2. The lowest BCUT2D eigenvalue weighted by molar-refractivity contribution is 0.590. The van der Waals surface area contributed by atoms with Gasteiger partial charge in [0, 0.05) is 6.54 Å². The van der Waals surface area contributed by atoms with E-state index in [0.29, 0.717) is 23.6 Å². The smallest absolute Gasteiger partial charge is 0.251 e. The Morgan fingerprint density at radius 1 is 1.36 bits per heavy atom. The fraction of sp³-hybridized carbons (Fsp3) is 0.375. The molecule has 0 bridgehead atoms. The third-order valence-electron chi connectivity index (χ3n) is 1.81. The standard InChI is InChI=1S/C8H11N5O/c9-2-1-3-10-7-6-8(12-4-11-7)14-5-13-6/h4-5H,1-3,9H2,(H,10,11,12). The Labute approximate surface area is 80.6 Å². The van der Waals surface area contributed by atoms with Crippen molar-refractivity contribution < 1.29 is 4.42 Å². The maximum atomic E-state index is 5.38. The molecule has 0 spiro atoms. The molecule has 2 rings (SSSR count). The molecule has 6 heteroatoms. The van der Waals surface area contributed by atoms with Crippen molar-refractivity contribution in [3.8, 4) is 0 Å². The molecule has 0 aliphatic carbocycles. The first-order chi connectivity index (χ1) is 6.92. The zero-order chi connectivity index (χ0) is 9.80. The molecule has 0 amide bonds. The van der Waals surface area contributed by atoms with Crippen molar-refractivity contribution in [3.63, 3.8) is 0 Å². The van der Waals surface area contributed by atoms with Gasteiger partial charge < -0.3 is 15.5 Å². The number of rotatable bonds is 4. The fourth-order valence-corrected chi connectivity index (χ4v) is 1.13. The Hall–Kier alpha value is -1.69. The second kappa shape index (κ2) is 4.01. The molecule has 2 aromatic heterocycles. The molecule has 2 heterocycles. The van der Waals surface area contributed by atoms with E-state index in [1.807, 2.05) is 0 Å². The predicted octanol–water partition coefficient (Wildman–Crippen LogP) is 0.378. The van der Waals surface area contributed by atoms with Crippen LogP contribution in [0.1, 0.15) is 6.42 Å². The lowest BCUT2D eigenvalue weighted by Gasteiger charge is -2.02.